The Balaban J connectivity index is 1.74. The van der Waals surface area contributed by atoms with Gasteiger partial charge in [0.1, 0.15) is 0 Å². The van der Waals surface area contributed by atoms with Gasteiger partial charge in [0.2, 0.25) is 0 Å². The highest BCUT2D eigenvalue weighted by Crippen LogP contribution is 2.35. The largest absolute Gasteiger partial charge is 0.313 e. The predicted molar refractivity (Wildman–Crippen MR) is 69.5 cm³/mol. The molecule has 0 aliphatic heterocycles. The lowest BCUT2D eigenvalue weighted by Crippen LogP contribution is -2.37. The summed E-state index contributed by atoms with van der Waals surface area (Å²) in [5.41, 5.74) is 1.44. The summed E-state index contributed by atoms with van der Waals surface area (Å²) in [6.07, 6.45) is 4.01. The topological polar surface area (TPSA) is 12.0 Å². The van der Waals surface area contributed by atoms with Gasteiger partial charge in [0, 0.05) is 6.04 Å². The summed E-state index contributed by atoms with van der Waals surface area (Å²) >= 11 is 0. The van der Waals surface area contributed by atoms with Crippen LogP contribution >= 0.6 is 0 Å². The minimum Gasteiger partial charge on any atom is -0.313 e. The van der Waals surface area contributed by atoms with E-state index in [2.05, 4.69) is 49.5 Å². The fraction of sp³-hybridized carbons (Fsp3) is 0.600. The minimum atomic E-state index is 0.740. The highest BCUT2D eigenvalue weighted by Gasteiger charge is 2.32. The zero-order valence-corrected chi connectivity index (χ0v) is 10.4. The van der Waals surface area contributed by atoms with E-state index in [-0.39, 0.29) is 0 Å². The van der Waals surface area contributed by atoms with E-state index < -0.39 is 0 Å². The predicted octanol–water partition coefficient (Wildman–Crippen LogP) is 3.25. The molecule has 1 N–H and O–H groups in total. The molecule has 0 saturated heterocycles. The molecule has 1 aromatic carbocycles. The summed E-state index contributed by atoms with van der Waals surface area (Å²) in [4.78, 5) is 0. The van der Waals surface area contributed by atoms with Crippen molar-refractivity contribution in [3.63, 3.8) is 0 Å². The van der Waals surface area contributed by atoms with E-state index in [9.17, 15) is 0 Å². The van der Waals surface area contributed by atoms with Crippen molar-refractivity contribution in [2.24, 2.45) is 11.8 Å². The molecule has 1 atom stereocenters. The average Bonchev–Trinajstić information content (AvgIpc) is 3.09. The lowest BCUT2D eigenvalue weighted by Gasteiger charge is -2.22. The van der Waals surface area contributed by atoms with Gasteiger partial charge in [-0.15, -0.1) is 0 Å². The van der Waals surface area contributed by atoms with Crippen LogP contribution in [0.4, 0.5) is 0 Å². The highest BCUT2D eigenvalue weighted by atomic mass is 14.9. The Bertz CT molecular complexity index is 298. The Hall–Kier alpha value is -0.820. The molecule has 0 amide bonds. The molecule has 0 spiro atoms. The zero-order chi connectivity index (χ0) is 11.4. The third kappa shape index (κ3) is 3.34. The van der Waals surface area contributed by atoms with Gasteiger partial charge in [0.15, 0.2) is 0 Å². The average molecular weight is 217 g/mol. The molecule has 1 nitrogen and oxygen atoms in total. The van der Waals surface area contributed by atoms with E-state index in [1.807, 2.05) is 0 Å². The Morgan fingerprint density at radius 2 is 1.88 bits per heavy atom. The van der Waals surface area contributed by atoms with Crippen molar-refractivity contribution in [3.05, 3.63) is 35.9 Å². The quantitative estimate of drug-likeness (QED) is 0.771. The van der Waals surface area contributed by atoms with Gasteiger partial charge < -0.3 is 5.32 Å². The van der Waals surface area contributed by atoms with Gasteiger partial charge in [-0.2, -0.15) is 0 Å². The van der Waals surface area contributed by atoms with E-state index in [1.165, 1.54) is 18.4 Å². The van der Waals surface area contributed by atoms with Crippen molar-refractivity contribution >= 4 is 0 Å². The van der Waals surface area contributed by atoms with Crippen LogP contribution in [0.1, 0.15) is 32.3 Å². The summed E-state index contributed by atoms with van der Waals surface area (Å²) in [6.45, 7) is 5.78. The number of rotatable bonds is 6. The van der Waals surface area contributed by atoms with Gasteiger partial charge in [-0.25, -0.2) is 0 Å². The molecule has 1 aromatic rings. The molecule has 1 saturated carbocycles. The van der Waals surface area contributed by atoms with Gasteiger partial charge in [-0.3, -0.25) is 0 Å². The second kappa shape index (κ2) is 5.49. The SMILES string of the molecule is CC(C)C(NCCc1ccccc1)C1CC1. The Kier molecular flexibility index (Phi) is 4.00. The van der Waals surface area contributed by atoms with E-state index in [1.54, 1.807) is 0 Å². The normalized spacial score (nSPS) is 17.7. The van der Waals surface area contributed by atoms with Crippen molar-refractivity contribution in [2.75, 3.05) is 6.54 Å². The van der Waals surface area contributed by atoms with E-state index >= 15 is 0 Å². The molecule has 2 rings (SSSR count). The number of benzene rings is 1. The Morgan fingerprint density at radius 3 is 2.44 bits per heavy atom. The summed E-state index contributed by atoms with van der Waals surface area (Å²) in [7, 11) is 0. The fourth-order valence-corrected chi connectivity index (χ4v) is 2.43. The van der Waals surface area contributed by atoms with Gasteiger partial charge in [-0.1, -0.05) is 44.2 Å². The van der Waals surface area contributed by atoms with Crippen molar-refractivity contribution in [1.29, 1.82) is 0 Å². The van der Waals surface area contributed by atoms with Crippen molar-refractivity contribution in [3.8, 4) is 0 Å². The van der Waals surface area contributed by atoms with E-state index in [0.29, 0.717) is 0 Å². The monoisotopic (exact) mass is 217 g/mol. The second-order valence-electron chi connectivity index (χ2n) is 5.30. The van der Waals surface area contributed by atoms with E-state index in [0.717, 1.165) is 30.8 Å². The highest BCUT2D eigenvalue weighted by molar-refractivity contribution is 5.14. The maximum Gasteiger partial charge on any atom is 0.0118 e. The first-order chi connectivity index (χ1) is 7.77. The van der Waals surface area contributed by atoms with Crippen LogP contribution in [0.15, 0.2) is 30.3 Å². The van der Waals surface area contributed by atoms with Crippen LogP contribution in [0.25, 0.3) is 0 Å². The number of hydrogen-bond acceptors (Lipinski definition) is 1. The first-order valence-electron chi connectivity index (χ1n) is 6.54. The molecule has 0 bridgehead atoms. The Morgan fingerprint density at radius 1 is 1.19 bits per heavy atom. The zero-order valence-electron chi connectivity index (χ0n) is 10.4. The molecule has 0 radical (unpaired) electrons. The van der Waals surface area contributed by atoms with Crippen LogP contribution < -0.4 is 5.32 Å². The van der Waals surface area contributed by atoms with Crippen molar-refractivity contribution in [2.45, 2.75) is 39.2 Å². The van der Waals surface area contributed by atoms with Crippen LogP contribution in [-0.2, 0) is 6.42 Å². The van der Waals surface area contributed by atoms with Gasteiger partial charge in [-0.05, 0) is 43.2 Å². The first-order valence-corrected chi connectivity index (χ1v) is 6.54. The number of hydrogen-bond donors (Lipinski definition) is 1. The second-order valence-corrected chi connectivity index (χ2v) is 5.30. The molecule has 88 valence electrons. The summed E-state index contributed by atoms with van der Waals surface area (Å²) in [6, 6.07) is 11.5. The molecular weight excluding hydrogens is 194 g/mol. The van der Waals surface area contributed by atoms with Crippen LogP contribution in [-0.4, -0.2) is 12.6 Å². The standard InChI is InChI=1S/C15H23N/c1-12(2)15(14-8-9-14)16-11-10-13-6-4-3-5-7-13/h3-7,12,14-16H,8-11H2,1-2H3. The molecule has 0 aromatic heterocycles. The summed E-state index contributed by atoms with van der Waals surface area (Å²) in [5.74, 6) is 1.72. The third-order valence-corrected chi connectivity index (χ3v) is 3.48. The fourth-order valence-electron chi connectivity index (χ4n) is 2.43. The molecule has 1 heteroatoms. The molecule has 1 unspecified atom stereocenters. The number of nitrogens with one attached hydrogen (secondary N) is 1. The summed E-state index contributed by atoms with van der Waals surface area (Å²) in [5, 5.41) is 3.73. The van der Waals surface area contributed by atoms with Gasteiger partial charge in [0.05, 0.1) is 0 Å². The van der Waals surface area contributed by atoms with Crippen molar-refractivity contribution < 1.29 is 0 Å². The smallest absolute Gasteiger partial charge is 0.0118 e. The van der Waals surface area contributed by atoms with E-state index in [4.69, 9.17) is 0 Å². The minimum absolute atomic E-state index is 0.740. The van der Waals surface area contributed by atoms with Gasteiger partial charge in [0.25, 0.3) is 0 Å². The molecule has 1 aliphatic carbocycles. The van der Waals surface area contributed by atoms with Crippen LogP contribution in [0.5, 0.6) is 0 Å². The maximum atomic E-state index is 3.73. The molecule has 0 heterocycles. The lowest BCUT2D eigenvalue weighted by atomic mass is 9.99. The van der Waals surface area contributed by atoms with Crippen molar-refractivity contribution in [1.82, 2.24) is 5.32 Å². The van der Waals surface area contributed by atoms with Crippen LogP contribution in [0.2, 0.25) is 0 Å². The lowest BCUT2D eigenvalue weighted by molar-refractivity contribution is 0.363. The van der Waals surface area contributed by atoms with Crippen LogP contribution in [0.3, 0.4) is 0 Å². The molecular formula is C15H23N. The molecule has 1 aliphatic rings. The molecule has 1 fully saturated rings. The molecule has 16 heavy (non-hydrogen) atoms. The first kappa shape index (κ1) is 11.7. The van der Waals surface area contributed by atoms with Crippen LogP contribution in [0, 0.1) is 11.8 Å². The van der Waals surface area contributed by atoms with Gasteiger partial charge >= 0.3 is 0 Å². The Labute approximate surface area is 99.3 Å². The summed E-state index contributed by atoms with van der Waals surface area (Å²) < 4.78 is 0. The maximum absolute atomic E-state index is 3.73. The third-order valence-electron chi connectivity index (χ3n) is 3.48.